The van der Waals surface area contributed by atoms with Crippen LogP contribution in [0.25, 0.3) is 0 Å². The fourth-order valence-corrected chi connectivity index (χ4v) is 2.77. The minimum Gasteiger partial charge on any atom is -0.481 e. The number of hydrogen-bond acceptors (Lipinski definition) is 1. The summed E-state index contributed by atoms with van der Waals surface area (Å²) in [5, 5.41) is 8.84. The van der Waals surface area contributed by atoms with Gasteiger partial charge in [-0.3, -0.25) is 4.79 Å². The molecule has 3 unspecified atom stereocenters. The van der Waals surface area contributed by atoms with Crippen LogP contribution < -0.4 is 0 Å². The molecule has 2 nitrogen and oxygen atoms in total. The summed E-state index contributed by atoms with van der Waals surface area (Å²) in [6.07, 6.45) is 6.46. The van der Waals surface area contributed by atoms with Gasteiger partial charge in [0, 0.05) is 6.42 Å². The van der Waals surface area contributed by atoms with Crippen LogP contribution in [0.3, 0.4) is 0 Å². The van der Waals surface area contributed by atoms with Crippen molar-refractivity contribution in [3.05, 3.63) is 0 Å². The second-order valence-corrected chi connectivity index (χ2v) is 4.69. The van der Waals surface area contributed by atoms with Crippen LogP contribution in [0.5, 0.6) is 0 Å². The van der Waals surface area contributed by atoms with Crippen molar-refractivity contribution in [3.8, 4) is 0 Å². The first-order valence-electron chi connectivity index (χ1n) is 5.87. The molecule has 0 aromatic carbocycles. The van der Waals surface area contributed by atoms with Crippen LogP contribution in [-0.2, 0) is 4.79 Å². The minimum atomic E-state index is -0.620. The van der Waals surface area contributed by atoms with E-state index < -0.39 is 5.97 Å². The Bertz CT molecular complexity index is 189. The monoisotopic (exact) mass is 198 g/mol. The van der Waals surface area contributed by atoms with E-state index >= 15 is 0 Å². The van der Waals surface area contributed by atoms with Crippen molar-refractivity contribution < 1.29 is 9.90 Å². The normalized spacial score (nSPS) is 29.9. The zero-order valence-corrected chi connectivity index (χ0v) is 9.33. The average Bonchev–Trinajstić information content (AvgIpc) is 2.16. The lowest BCUT2D eigenvalue weighted by Gasteiger charge is -2.34. The summed E-state index contributed by atoms with van der Waals surface area (Å²) in [6, 6.07) is 0. The molecule has 2 heteroatoms. The first-order valence-corrected chi connectivity index (χ1v) is 5.87. The predicted molar refractivity (Wildman–Crippen MR) is 57.2 cm³/mol. The van der Waals surface area contributed by atoms with E-state index in [0.717, 1.165) is 6.42 Å². The van der Waals surface area contributed by atoms with Crippen LogP contribution in [0, 0.1) is 17.8 Å². The smallest absolute Gasteiger partial charge is 0.303 e. The van der Waals surface area contributed by atoms with E-state index in [0.29, 0.717) is 24.2 Å². The topological polar surface area (TPSA) is 37.3 Å². The molecule has 0 radical (unpaired) electrons. The lowest BCUT2D eigenvalue weighted by Crippen LogP contribution is -2.27. The summed E-state index contributed by atoms with van der Waals surface area (Å²) in [7, 11) is 0. The fraction of sp³-hybridized carbons (Fsp3) is 0.917. The number of carboxylic acids is 1. The highest BCUT2D eigenvalue weighted by Gasteiger charge is 2.29. The summed E-state index contributed by atoms with van der Waals surface area (Å²) >= 11 is 0. The molecule has 0 bridgehead atoms. The van der Waals surface area contributed by atoms with Gasteiger partial charge in [-0.1, -0.05) is 33.1 Å². The zero-order valence-electron chi connectivity index (χ0n) is 9.33. The van der Waals surface area contributed by atoms with Gasteiger partial charge in [-0.05, 0) is 30.6 Å². The van der Waals surface area contributed by atoms with Gasteiger partial charge in [0.15, 0.2) is 0 Å². The molecule has 1 aliphatic carbocycles. The van der Waals surface area contributed by atoms with E-state index in [1.54, 1.807) is 0 Å². The molecule has 0 aliphatic heterocycles. The fourth-order valence-electron chi connectivity index (χ4n) is 2.77. The van der Waals surface area contributed by atoms with Crippen molar-refractivity contribution in [2.45, 2.75) is 52.4 Å². The van der Waals surface area contributed by atoms with Crippen LogP contribution in [0.15, 0.2) is 0 Å². The van der Waals surface area contributed by atoms with Gasteiger partial charge in [-0.15, -0.1) is 0 Å². The molecule has 1 fully saturated rings. The third-order valence-corrected chi connectivity index (χ3v) is 3.78. The molecule has 1 aliphatic rings. The zero-order chi connectivity index (χ0) is 10.6. The molecule has 14 heavy (non-hydrogen) atoms. The number of hydrogen-bond donors (Lipinski definition) is 1. The van der Waals surface area contributed by atoms with Crippen molar-refractivity contribution in [2.24, 2.45) is 17.8 Å². The highest BCUT2D eigenvalue weighted by atomic mass is 16.4. The Labute approximate surface area is 86.7 Å². The Balaban J connectivity index is 2.54. The van der Waals surface area contributed by atoms with E-state index in [-0.39, 0.29) is 0 Å². The van der Waals surface area contributed by atoms with Gasteiger partial charge in [0.25, 0.3) is 0 Å². The largest absolute Gasteiger partial charge is 0.481 e. The predicted octanol–water partition coefficient (Wildman–Crippen LogP) is 3.31. The van der Waals surface area contributed by atoms with Gasteiger partial charge in [-0.2, -0.15) is 0 Å². The Morgan fingerprint density at radius 1 is 1.43 bits per heavy atom. The second-order valence-electron chi connectivity index (χ2n) is 4.69. The molecule has 1 rings (SSSR count). The minimum absolute atomic E-state index is 0.384. The summed E-state index contributed by atoms with van der Waals surface area (Å²) in [5.41, 5.74) is 0. The third-order valence-electron chi connectivity index (χ3n) is 3.78. The molecule has 0 aromatic rings. The molecule has 0 heterocycles. The molecule has 1 N–H and O–H groups in total. The Hall–Kier alpha value is -0.530. The van der Waals surface area contributed by atoms with Gasteiger partial charge in [0.05, 0.1) is 0 Å². The van der Waals surface area contributed by atoms with Crippen LogP contribution in [0.1, 0.15) is 52.4 Å². The van der Waals surface area contributed by atoms with E-state index in [1.165, 1.54) is 25.7 Å². The maximum Gasteiger partial charge on any atom is 0.303 e. The van der Waals surface area contributed by atoms with Gasteiger partial charge in [-0.25, -0.2) is 0 Å². The maximum absolute atomic E-state index is 10.7. The Morgan fingerprint density at radius 3 is 2.64 bits per heavy atom. The van der Waals surface area contributed by atoms with Crippen LogP contribution >= 0.6 is 0 Å². The third kappa shape index (κ3) is 3.00. The summed E-state index contributed by atoms with van der Waals surface area (Å²) < 4.78 is 0. The van der Waals surface area contributed by atoms with Gasteiger partial charge in [0.2, 0.25) is 0 Å². The standard InChI is InChI=1S/C12H22O2/c1-3-9(2)11-7-5-4-6-10(11)8-12(13)14/h9-11H,3-8H2,1-2H3,(H,13,14). The Kier molecular flexibility index (Phi) is 4.43. The first-order chi connectivity index (χ1) is 6.65. The lowest BCUT2D eigenvalue weighted by atomic mass is 9.71. The molecular weight excluding hydrogens is 176 g/mol. The summed E-state index contributed by atoms with van der Waals surface area (Å²) in [4.78, 5) is 10.7. The van der Waals surface area contributed by atoms with E-state index in [2.05, 4.69) is 13.8 Å². The second kappa shape index (κ2) is 5.38. The summed E-state index contributed by atoms with van der Waals surface area (Å²) in [5.74, 6) is 1.17. The number of carboxylic acid groups (broad SMARTS) is 1. The number of carbonyl (C=O) groups is 1. The van der Waals surface area contributed by atoms with Crippen molar-refractivity contribution >= 4 is 5.97 Å². The maximum atomic E-state index is 10.7. The first kappa shape index (κ1) is 11.5. The average molecular weight is 198 g/mol. The van der Waals surface area contributed by atoms with Gasteiger partial charge >= 0.3 is 5.97 Å². The molecule has 0 aromatic heterocycles. The molecule has 0 amide bonds. The van der Waals surface area contributed by atoms with Crippen molar-refractivity contribution in [1.82, 2.24) is 0 Å². The molecule has 1 saturated carbocycles. The summed E-state index contributed by atoms with van der Waals surface area (Å²) in [6.45, 7) is 4.47. The van der Waals surface area contributed by atoms with Gasteiger partial charge < -0.3 is 5.11 Å². The van der Waals surface area contributed by atoms with Crippen molar-refractivity contribution in [1.29, 1.82) is 0 Å². The molecule has 0 saturated heterocycles. The quantitative estimate of drug-likeness (QED) is 0.752. The van der Waals surface area contributed by atoms with E-state index in [9.17, 15) is 4.79 Å². The number of aliphatic carboxylic acids is 1. The van der Waals surface area contributed by atoms with Crippen molar-refractivity contribution in [2.75, 3.05) is 0 Å². The lowest BCUT2D eigenvalue weighted by molar-refractivity contribution is -0.139. The van der Waals surface area contributed by atoms with E-state index in [4.69, 9.17) is 5.11 Å². The van der Waals surface area contributed by atoms with Gasteiger partial charge in [0.1, 0.15) is 0 Å². The highest BCUT2D eigenvalue weighted by Crippen LogP contribution is 2.38. The molecule has 3 atom stereocenters. The molecule has 82 valence electrons. The van der Waals surface area contributed by atoms with Crippen LogP contribution in [0.4, 0.5) is 0 Å². The molecular formula is C12H22O2. The number of rotatable bonds is 4. The highest BCUT2D eigenvalue weighted by molar-refractivity contribution is 5.67. The van der Waals surface area contributed by atoms with Crippen LogP contribution in [-0.4, -0.2) is 11.1 Å². The Morgan fingerprint density at radius 2 is 2.07 bits per heavy atom. The van der Waals surface area contributed by atoms with Crippen molar-refractivity contribution in [3.63, 3.8) is 0 Å². The van der Waals surface area contributed by atoms with Crippen LogP contribution in [0.2, 0.25) is 0 Å². The molecule has 0 spiro atoms. The SMILES string of the molecule is CCC(C)C1CCCCC1CC(=O)O. The van der Waals surface area contributed by atoms with E-state index in [1.807, 2.05) is 0 Å².